The van der Waals surface area contributed by atoms with Gasteiger partial charge in [-0.25, -0.2) is 0 Å². The van der Waals surface area contributed by atoms with E-state index in [0.29, 0.717) is 5.56 Å². The summed E-state index contributed by atoms with van der Waals surface area (Å²) in [6, 6.07) is 10.9. The fraction of sp³-hybridized carbons (Fsp3) is 0.250. The van der Waals surface area contributed by atoms with Crippen molar-refractivity contribution in [1.82, 2.24) is 4.90 Å². The largest absolute Gasteiger partial charge is 0.497 e. The fourth-order valence-corrected chi connectivity index (χ4v) is 2.80. The second-order valence-electron chi connectivity index (χ2n) is 4.97. The maximum atomic E-state index is 11.8. The number of hydrogen-bond donors (Lipinski definition) is 1. The van der Waals surface area contributed by atoms with Gasteiger partial charge in [0.25, 0.3) is 5.24 Å². The minimum absolute atomic E-state index is 0.290. The lowest BCUT2D eigenvalue weighted by molar-refractivity contribution is -0.136. The maximum Gasteiger partial charge on any atom is 0.321 e. The Labute approximate surface area is 132 Å². The Bertz CT molecular complexity index is 714. The molecule has 2 rings (SSSR count). The van der Waals surface area contributed by atoms with Gasteiger partial charge < -0.3 is 14.7 Å². The number of carboxylic acid groups (broad SMARTS) is 1. The number of carbonyl (C=O) groups excluding carboxylic acids is 1. The number of methoxy groups -OCH3 is 1. The standard InChI is InChI=1S/C16H17NO4S/c1-17(2)16(20)22-14(15(18)19)12-5-4-11-9-13(21-3)7-6-10(11)8-12/h4-9,14H,1-3H3,(H,18,19). The van der Waals surface area contributed by atoms with Crippen molar-refractivity contribution in [2.75, 3.05) is 21.2 Å². The van der Waals surface area contributed by atoms with Gasteiger partial charge in [0.15, 0.2) is 0 Å². The van der Waals surface area contributed by atoms with E-state index in [1.54, 1.807) is 33.3 Å². The highest BCUT2D eigenvalue weighted by molar-refractivity contribution is 8.14. The van der Waals surface area contributed by atoms with Crippen LogP contribution in [0.3, 0.4) is 0 Å². The molecule has 22 heavy (non-hydrogen) atoms. The highest BCUT2D eigenvalue weighted by atomic mass is 32.2. The molecule has 0 radical (unpaired) electrons. The van der Waals surface area contributed by atoms with Crippen LogP contribution in [-0.2, 0) is 4.79 Å². The number of carbonyl (C=O) groups is 2. The Kier molecular flexibility index (Phi) is 4.92. The molecule has 1 N–H and O–H groups in total. The molecule has 2 aromatic rings. The summed E-state index contributed by atoms with van der Waals surface area (Å²) in [4.78, 5) is 24.6. The van der Waals surface area contributed by atoms with Crippen LogP contribution in [0.5, 0.6) is 5.75 Å². The van der Waals surface area contributed by atoms with Crippen LogP contribution in [0.4, 0.5) is 4.79 Å². The van der Waals surface area contributed by atoms with Gasteiger partial charge in [0.05, 0.1) is 7.11 Å². The van der Waals surface area contributed by atoms with Gasteiger partial charge in [-0.05, 0) is 46.3 Å². The molecule has 0 saturated heterocycles. The van der Waals surface area contributed by atoms with Crippen molar-refractivity contribution in [2.24, 2.45) is 0 Å². The highest BCUT2D eigenvalue weighted by Gasteiger charge is 2.25. The Hall–Kier alpha value is -2.21. The highest BCUT2D eigenvalue weighted by Crippen LogP contribution is 2.33. The van der Waals surface area contributed by atoms with Crippen LogP contribution in [0.25, 0.3) is 10.8 Å². The molecule has 0 heterocycles. The average Bonchev–Trinajstić information content (AvgIpc) is 2.50. The third kappa shape index (κ3) is 3.51. The van der Waals surface area contributed by atoms with Crippen LogP contribution in [0.15, 0.2) is 36.4 Å². The molecule has 0 aliphatic rings. The molecule has 1 amide bonds. The SMILES string of the molecule is COc1ccc2cc(C(SC(=O)N(C)C)C(=O)O)ccc2c1. The van der Waals surface area contributed by atoms with Gasteiger partial charge in [0.2, 0.25) is 0 Å². The monoisotopic (exact) mass is 319 g/mol. The summed E-state index contributed by atoms with van der Waals surface area (Å²) in [5.74, 6) is -0.291. The lowest BCUT2D eigenvalue weighted by Gasteiger charge is -2.15. The van der Waals surface area contributed by atoms with Crippen molar-refractivity contribution in [3.63, 3.8) is 0 Å². The predicted molar refractivity (Wildman–Crippen MR) is 87.6 cm³/mol. The second kappa shape index (κ2) is 6.70. The number of rotatable bonds is 4. The van der Waals surface area contributed by atoms with Crippen LogP contribution in [0, 0.1) is 0 Å². The minimum atomic E-state index is -1.03. The van der Waals surface area contributed by atoms with Crippen molar-refractivity contribution >= 4 is 33.7 Å². The van der Waals surface area contributed by atoms with Gasteiger partial charge in [-0.3, -0.25) is 9.59 Å². The van der Waals surface area contributed by atoms with E-state index in [2.05, 4.69) is 0 Å². The van der Waals surface area contributed by atoms with E-state index >= 15 is 0 Å². The first kappa shape index (κ1) is 16.2. The number of hydrogen-bond acceptors (Lipinski definition) is 4. The van der Waals surface area contributed by atoms with Crippen molar-refractivity contribution in [2.45, 2.75) is 5.25 Å². The molecular formula is C16H17NO4S. The molecule has 116 valence electrons. The predicted octanol–water partition coefficient (Wildman–Crippen LogP) is 3.39. The molecule has 6 heteroatoms. The molecule has 0 aliphatic heterocycles. The summed E-state index contributed by atoms with van der Waals surface area (Å²) in [5, 5.41) is 10.0. The van der Waals surface area contributed by atoms with Crippen LogP contribution >= 0.6 is 11.8 Å². The summed E-state index contributed by atoms with van der Waals surface area (Å²) in [5.41, 5.74) is 0.588. The molecule has 5 nitrogen and oxygen atoms in total. The zero-order chi connectivity index (χ0) is 16.3. The number of carboxylic acids is 1. The second-order valence-corrected chi connectivity index (χ2v) is 6.03. The van der Waals surface area contributed by atoms with Crippen LogP contribution < -0.4 is 4.74 Å². The number of amides is 1. The van der Waals surface area contributed by atoms with Crippen molar-refractivity contribution in [1.29, 1.82) is 0 Å². The topological polar surface area (TPSA) is 66.8 Å². The number of fused-ring (bicyclic) bond motifs is 1. The summed E-state index contributed by atoms with van der Waals surface area (Å²) >= 11 is 0.793. The molecule has 0 aromatic heterocycles. The first-order valence-corrected chi connectivity index (χ1v) is 7.49. The molecule has 1 atom stereocenters. The van der Waals surface area contributed by atoms with Gasteiger partial charge >= 0.3 is 5.97 Å². The molecule has 1 unspecified atom stereocenters. The molecule has 0 bridgehead atoms. The Balaban J connectivity index is 2.37. The zero-order valence-corrected chi connectivity index (χ0v) is 13.4. The molecule has 0 fully saturated rings. The number of thioether (sulfide) groups is 1. The first-order valence-electron chi connectivity index (χ1n) is 6.61. The Morgan fingerprint density at radius 1 is 1.14 bits per heavy atom. The number of benzene rings is 2. The lowest BCUT2D eigenvalue weighted by Crippen LogP contribution is -2.20. The molecule has 0 aliphatic carbocycles. The third-order valence-electron chi connectivity index (χ3n) is 3.18. The zero-order valence-electron chi connectivity index (χ0n) is 12.6. The third-order valence-corrected chi connectivity index (χ3v) is 4.46. The molecular weight excluding hydrogens is 302 g/mol. The summed E-state index contributed by atoms with van der Waals surface area (Å²) in [6.45, 7) is 0. The number of nitrogens with zero attached hydrogens (tertiary/aromatic N) is 1. The Morgan fingerprint density at radius 3 is 2.36 bits per heavy atom. The van der Waals surface area contributed by atoms with Gasteiger partial charge in [0, 0.05) is 14.1 Å². The van der Waals surface area contributed by atoms with E-state index in [-0.39, 0.29) is 5.24 Å². The summed E-state index contributed by atoms with van der Waals surface area (Å²) in [6.07, 6.45) is 0. The Morgan fingerprint density at radius 2 is 1.77 bits per heavy atom. The van der Waals surface area contributed by atoms with E-state index < -0.39 is 11.2 Å². The normalized spacial score (nSPS) is 12.0. The number of aliphatic carboxylic acids is 1. The van der Waals surface area contributed by atoms with Gasteiger partial charge in [-0.2, -0.15) is 0 Å². The van der Waals surface area contributed by atoms with E-state index in [9.17, 15) is 14.7 Å². The first-order chi connectivity index (χ1) is 10.4. The average molecular weight is 319 g/mol. The van der Waals surface area contributed by atoms with Gasteiger partial charge in [0.1, 0.15) is 11.0 Å². The van der Waals surface area contributed by atoms with E-state index in [0.717, 1.165) is 28.3 Å². The number of ether oxygens (including phenoxy) is 1. The summed E-state index contributed by atoms with van der Waals surface area (Å²) in [7, 11) is 4.79. The lowest BCUT2D eigenvalue weighted by atomic mass is 10.0. The molecule has 0 spiro atoms. The van der Waals surface area contributed by atoms with E-state index in [1.165, 1.54) is 4.90 Å². The van der Waals surface area contributed by atoms with Crippen molar-refractivity contribution in [3.8, 4) is 5.75 Å². The molecule has 0 saturated carbocycles. The van der Waals surface area contributed by atoms with E-state index in [1.807, 2.05) is 24.3 Å². The van der Waals surface area contributed by atoms with Crippen LogP contribution in [0.1, 0.15) is 10.8 Å². The van der Waals surface area contributed by atoms with Crippen molar-refractivity contribution in [3.05, 3.63) is 42.0 Å². The van der Waals surface area contributed by atoms with Gasteiger partial charge in [-0.15, -0.1) is 0 Å². The van der Waals surface area contributed by atoms with Crippen LogP contribution in [0.2, 0.25) is 0 Å². The van der Waals surface area contributed by atoms with E-state index in [4.69, 9.17) is 4.74 Å². The maximum absolute atomic E-state index is 11.8. The minimum Gasteiger partial charge on any atom is -0.497 e. The van der Waals surface area contributed by atoms with Crippen LogP contribution in [-0.4, -0.2) is 42.4 Å². The summed E-state index contributed by atoms with van der Waals surface area (Å²) < 4.78 is 5.17. The van der Waals surface area contributed by atoms with Gasteiger partial charge in [-0.1, -0.05) is 18.2 Å². The van der Waals surface area contributed by atoms with Crippen molar-refractivity contribution < 1.29 is 19.4 Å². The molecule has 2 aromatic carbocycles. The fourth-order valence-electron chi connectivity index (χ4n) is 2.00. The quantitative estimate of drug-likeness (QED) is 0.935. The smallest absolute Gasteiger partial charge is 0.321 e.